The Morgan fingerprint density at radius 1 is 1.32 bits per heavy atom. The maximum Gasteiger partial charge on any atom is 0.415 e. The van der Waals surface area contributed by atoms with Crippen LogP contribution in [0.2, 0.25) is 0 Å². The molecule has 1 N–H and O–H groups in total. The first-order chi connectivity index (χ1) is 13.3. The number of cyclic esters (lactones) is 1. The van der Waals surface area contributed by atoms with Crippen LogP contribution in [-0.4, -0.2) is 35.2 Å². The molecule has 0 radical (unpaired) electrons. The first kappa shape index (κ1) is 18.1. The highest BCUT2D eigenvalue weighted by molar-refractivity contribution is 5.93. The van der Waals surface area contributed by atoms with Gasteiger partial charge in [0, 0.05) is 6.92 Å². The summed E-state index contributed by atoms with van der Waals surface area (Å²) in [6, 6.07) is 8.63. The Hall–Kier alpha value is -3.23. The quantitative estimate of drug-likeness (QED) is 0.699. The number of hydrogen-bond acceptors (Lipinski definition) is 4. The number of benzene rings is 2. The first-order valence-corrected chi connectivity index (χ1v) is 8.51. The molecule has 1 aliphatic heterocycles. The van der Waals surface area contributed by atoms with Crippen molar-refractivity contribution in [2.75, 3.05) is 18.1 Å². The van der Waals surface area contributed by atoms with Crippen molar-refractivity contribution in [2.24, 2.45) is 0 Å². The van der Waals surface area contributed by atoms with Crippen molar-refractivity contribution in [2.45, 2.75) is 18.9 Å². The van der Waals surface area contributed by atoms with E-state index in [1.165, 1.54) is 17.0 Å². The van der Waals surface area contributed by atoms with Crippen LogP contribution in [0.3, 0.4) is 0 Å². The zero-order valence-corrected chi connectivity index (χ0v) is 14.8. The molecule has 28 heavy (non-hydrogen) atoms. The second-order valence-electron chi connectivity index (χ2n) is 6.62. The number of anilines is 1. The molecule has 1 saturated heterocycles. The molecule has 1 fully saturated rings. The lowest BCUT2D eigenvalue weighted by Crippen LogP contribution is -2.27. The average Bonchev–Trinajstić information content (AvgIpc) is 3.25. The summed E-state index contributed by atoms with van der Waals surface area (Å²) >= 11 is 0. The van der Waals surface area contributed by atoms with Crippen molar-refractivity contribution in [1.82, 2.24) is 9.97 Å². The van der Waals surface area contributed by atoms with Gasteiger partial charge < -0.3 is 14.5 Å². The van der Waals surface area contributed by atoms with Crippen LogP contribution in [0.1, 0.15) is 18.5 Å². The van der Waals surface area contributed by atoms with Crippen LogP contribution in [0.25, 0.3) is 11.0 Å². The highest BCUT2D eigenvalue weighted by atomic mass is 19.3. The van der Waals surface area contributed by atoms with E-state index in [1.807, 2.05) is 0 Å². The fraction of sp³-hybridized carbons (Fsp3) is 0.263. The third kappa shape index (κ3) is 3.47. The molecule has 2 heterocycles. The first-order valence-electron chi connectivity index (χ1n) is 8.51. The van der Waals surface area contributed by atoms with Crippen molar-refractivity contribution in [3.05, 3.63) is 54.1 Å². The molecule has 2 aromatic carbocycles. The number of aromatic amines is 1. The van der Waals surface area contributed by atoms with Gasteiger partial charge >= 0.3 is 6.09 Å². The largest absolute Gasteiger partial charge is 0.484 e. The molecule has 146 valence electrons. The Kier molecular flexibility index (Phi) is 4.37. The maximum atomic E-state index is 14.3. The lowest BCUT2D eigenvalue weighted by atomic mass is 10.1. The smallest absolute Gasteiger partial charge is 0.415 e. The minimum atomic E-state index is -3.07. The SMILES string of the molecule is CC(F)(F)COc1ccc(C2COC(=O)N2c2ccc3nc[nH]c3c2)cc1F. The zero-order chi connectivity index (χ0) is 19.9. The normalized spacial score (nSPS) is 17.2. The monoisotopic (exact) mass is 391 g/mol. The summed E-state index contributed by atoms with van der Waals surface area (Å²) in [6.45, 7) is -0.202. The number of aromatic nitrogens is 2. The number of carbonyl (C=O) groups excluding carboxylic acids is 1. The fourth-order valence-corrected chi connectivity index (χ4v) is 3.07. The van der Waals surface area contributed by atoms with E-state index in [4.69, 9.17) is 9.47 Å². The van der Waals surface area contributed by atoms with Crippen LogP contribution in [-0.2, 0) is 4.74 Å². The molecule has 0 bridgehead atoms. The maximum absolute atomic E-state index is 14.3. The number of carbonyl (C=O) groups is 1. The predicted molar refractivity (Wildman–Crippen MR) is 95.2 cm³/mol. The van der Waals surface area contributed by atoms with Crippen LogP contribution in [0.4, 0.5) is 23.7 Å². The van der Waals surface area contributed by atoms with Gasteiger partial charge in [-0.25, -0.2) is 22.9 Å². The average molecular weight is 391 g/mol. The van der Waals surface area contributed by atoms with Gasteiger partial charge in [-0.1, -0.05) is 6.07 Å². The highest BCUT2D eigenvalue weighted by Crippen LogP contribution is 2.35. The fourth-order valence-electron chi connectivity index (χ4n) is 3.07. The van der Waals surface area contributed by atoms with Crippen molar-refractivity contribution < 1.29 is 27.4 Å². The molecule has 1 aromatic heterocycles. The van der Waals surface area contributed by atoms with Crippen molar-refractivity contribution in [1.29, 1.82) is 0 Å². The summed E-state index contributed by atoms with van der Waals surface area (Å²) in [4.78, 5) is 20.8. The summed E-state index contributed by atoms with van der Waals surface area (Å²) in [6.07, 6.45) is 0.984. The van der Waals surface area contributed by atoms with E-state index in [0.717, 1.165) is 17.1 Å². The molecule has 1 amide bonds. The van der Waals surface area contributed by atoms with Gasteiger partial charge in [0.25, 0.3) is 5.92 Å². The van der Waals surface area contributed by atoms with E-state index in [1.54, 1.807) is 24.5 Å². The summed E-state index contributed by atoms with van der Waals surface area (Å²) in [7, 11) is 0. The summed E-state index contributed by atoms with van der Waals surface area (Å²) in [5.41, 5.74) is 2.51. The molecule has 6 nitrogen and oxygen atoms in total. The number of halogens is 3. The Morgan fingerprint density at radius 3 is 2.89 bits per heavy atom. The molecule has 4 rings (SSSR count). The molecular weight excluding hydrogens is 375 g/mol. The van der Waals surface area contributed by atoms with Crippen molar-refractivity contribution in [3.8, 4) is 5.75 Å². The van der Waals surface area contributed by atoms with E-state index in [9.17, 15) is 18.0 Å². The van der Waals surface area contributed by atoms with Crippen LogP contribution in [0.15, 0.2) is 42.7 Å². The Bertz CT molecular complexity index is 1030. The molecular formula is C19H16F3N3O3. The van der Waals surface area contributed by atoms with Gasteiger partial charge in [0.05, 0.1) is 29.1 Å². The van der Waals surface area contributed by atoms with Gasteiger partial charge in [0.15, 0.2) is 18.2 Å². The van der Waals surface area contributed by atoms with Gasteiger partial charge in [-0.05, 0) is 35.9 Å². The number of alkyl halides is 2. The highest BCUT2D eigenvalue weighted by Gasteiger charge is 2.36. The third-order valence-electron chi connectivity index (χ3n) is 4.38. The number of nitrogens with zero attached hydrogens (tertiary/aromatic N) is 2. The number of H-pyrrole nitrogens is 1. The molecule has 0 spiro atoms. The molecule has 1 unspecified atom stereocenters. The Labute approximate surface area is 157 Å². The van der Waals surface area contributed by atoms with E-state index < -0.39 is 30.5 Å². The molecule has 0 saturated carbocycles. The molecule has 9 heteroatoms. The Balaban J connectivity index is 1.62. The number of rotatable bonds is 5. The Morgan fingerprint density at radius 2 is 2.14 bits per heavy atom. The van der Waals surface area contributed by atoms with E-state index in [0.29, 0.717) is 18.2 Å². The number of fused-ring (bicyclic) bond motifs is 1. The topological polar surface area (TPSA) is 67.5 Å². The number of nitrogens with one attached hydrogen (secondary N) is 1. The van der Waals surface area contributed by atoms with E-state index in [2.05, 4.69) is 9.97 Å². The minimum Gasteiger partial charge on any atom is -0.484 e. The molecule has 0 aliphatic carbocycles. The number of hydrogen-bond donors (Lipinski definition) is 1. The van der Waals surface area contributed by atoms with Gasteiger partial charge in [0.1, 0.15) is 6.61 Å². The van der Waals surface area contributed by atoms with Crippen LogP contribution in [0.5, 0.6) is 5.75 Å². The van der Waals surface area contributed by atoms with Crippen molar-refractivity contribution in [3.63, 3.8) is 0 Å². The summed E-state index contributed by atoms with van der Waals surface area (Å²) < 4.78 is 50.2. The van der Waals surface area contributed by atoms with E-state index in [-0.39, 0.29) is 12.4 Å². The van der Waals surface area contributed by atoms with Crippen molar-refractivity contribution >= 4 is 22.8 Å². The number of amides is 1. The number of imidazole rings is 1. The van der Waals surface area contributed by atoms with Crippen LogP contribution in [0, 0.1) is 5.82 Å². The minimum absolute atomic E-state index is 0.0342. The molecule has 3 aromatic rings. The predicted octanol–water partition coefficient (Wildman–Crippen LogP) is 4.43. The third-order valence-corrected chi connectivity index (χ3v) is 4.38. The van der Waals surface area contributed by atoms with E-state index >= 15 is 0 Å². The zero-order valence-electron chi connectivity index (χ0n) is 14.8. The number of ether oxygens (including phenoxy) is 2. The van der Waals surface area contributed by atoms with Crippen LogP contribution < -0.4 is 9.64 Å². The standard InChI is InChI=1S/C19H16F3N3O3/c1-19(21,22)9-28-17-5-2-11(6-13(17)20)16-8-27-18(26)25(16)12-3-4-14-15(7-12)24-10-23-14/h2-7,10,16H,8-9H2,1H3,(H,23,24). The van der Waals surface area contributed by atoms with Crippen LogP contribution >= 0.6 is 0 Å². The lowest BCUT2D eigenvalue weighted by molar-refractivity contribution is -0.0239. The van der Waals surface area contributed by atoms with Gasteiger partial charge in [0.2, 0.25) is 0 Å². The molecule has 1 atom stereocenters. The van der Waals surface area contributed by atoms with Gasteiger partial charge in [-0.15, -0.1) is 0 Å². The lowest BCUT2D eigenvalue weighted by Gasteiger charge is -2.22. The molecule has 1 aliphatic rings. The second-order valence-corrected chi connectivity index (χ2v) is 6.62. The van der Waals surface area contributed by atoms with Gasteiger partial charge in [-0.3, -0.25) is 4.90 Å². The second kappa shape index (κ2) is 6.74. The summed E-state index contributed by atoms with van der Waals surface area (Å²) in [5, 5.41) is 0. The van der Waals surface area contributed by atoms with Gasteiger partial charge in [-0.2, -0.15) is 0 Å². The summed E-state index contributed by atoms with van der Waals surface area (Å²) in [5.74, 6) is -4.13.